The fourth-order valence-corrected chi connectivity index (χ4v) is 2.58. The predicted molar refractivity (Wildman–Crippen MR) is 87.0 cm³/mol. The van der Waals surface area contributed by atoms with E-state index in [1.807, 2.05) is 30.3 Å². The van der Waals surface area contributed by atoms with Gasteiger partial charge in [0.1, 0.15) is 5.75 Å². The minimum absolute atomic E-state index is 0.351. The first kappa shape index (κ1) is 16.2. The second kappa shape index (κ2) is 6.43. The number of nitrogens with zero attached hydrogens (tertiary/aromatic N) is 1. The summed E-state index contributed by atoms with van der Waals surface area (Å²) in [5, 5.41) is 0. The molecule has 0 saturated heterocycles. The van der Waals surface area contributed by atoms with Crippen molar-refractivity contribution in [3.05, 3.63) is 78.0 Å². The van der Waals surface area contributed by atoms with Gasteiger partial charge in [0.15, 0.2) is 0 Å². The number of aromatic nitrogens is 1. The van der Waals surface area contributed by atoms with Gasteiger partial charge in [-0.05, 0) is 29.3 Å². The van der Waals surface area contributed by atoms with Crippen molar-refractivity contribution in [2.75, 3.05) is 7.11 Å². The number of halogens is 3. The quantitative estimate of drug-likeness (QED) is 0.638. The number of hydrogen-bond donors (Lipinski definition) is 0. The van der Waals surface area contributed by atoms with Crippen molar-refractivity contribution in [3.63, 3.8) is 0 Å². The third-order valence-corrected chi connectivity index (χ3v) is 3.81. The summed E-state index contributed by atoms with van der Waals surface area (Å²) < 4.78 is 46.0. The molecule has 1 heterocycles. The summed E-state index contributed by atoms with van der Waals surface area (Å²) in [7, 11) is 1.57. The molecule has 24 heavy (non-hydrogen) atoms. The molecule has 0 aliphatic rings. The molecule has 2 aromatic carbocycles. The average Bonchev–Trinajstić information content (AvgIpc) is 3.00. The lowest BCUT2D eigenvalue weighted by molar-refractivity contribution is -0.137. The van der Waals surface area contributed by atoms with Crippen LogP contribution in [-0.2, 0) is 12.7 Å². The molecule has 0 atom stereocenters. The van der Waals surface area contributed by atoms with E-state index in [0.29, 0.717) is 18.0 Å². The highest BCUT2D eigenvalue weighted by molar-refractivity contribution is 5.61. The number of alkyl halides is 3. The SMILES string of the molecule is COc1ccc(Cn2cc(C(F)(F)F)cc2-c2ccccc2)cc1. The largest absolute Gasteiger partial charge is 0.497 e. The first-order valence-corrected chi connectivity index (χ1v) is 7.43. The van der Waals surface area contributed by atoms with E-state index in [1.165, 1.54) is 6.07 Å². The van der Waals surface area contributed by atoms with Crippen LogP contribution >= 0.6 is 0 Å². The topological polar surface area (TPSA) is 14.2 Å². The fourth-order valence-electron chi connectivity index (χ4n) is 2.58. The van der Waals surface area contributed by atoms with Crippen LogP contribution in [0.5, 0.6) is 5.75 Å². The van der Waals surface area contributed by atoms with Crippen LogP contribution in [0.3, 0.4) is 0 Å². The van der Waals surface area contributed by atoms with Gasteiger partial charge in [0.25, 0.3) is 0 Å². The van der Waals surface area contributed by atoms with Crippen LogP contribution in [-0.4, -0.2) is 11.7 Å². The van der Waals surface area contributed by atoms with Gasteiger partial charge in [-0.1, -0.05) is 42.5 Å². The van der Waals surface area contributed by atoms with E-state index in [4.69, 9.17) is 4.74 Å². The van der Waals surface area contributed by atoms with Crippen LogP contribution in [0.25, 0.3) is 11.3 Å². The van der Waals surface area contributed by atoms with Crippen LogP contribution in [0.2, 0.25) is 0 Å². The highest BCUT2D eigenvalue weighted by Gasteiger charge is 2.32. The van der Waals surface area contributed by atoms with Gasteiger partial charge >= 0.3 is 6.18 Å². The van der Waals surface area contributed by atoms with Gasteiger partial charge in [0.05, 0.1) is 12.7 Å². The van der Waals surface area contributed by atoms with Gasteiger partial charge < -0.3 is 9.30 Å². The molecule has 0 radical (unpaired) electrons. The Bertz CT molecular complexity index is 805. The van der Waals surface area contributed by atoms with Crippen molar-refractivity contribution in [1.29, 1.82) is 0 Å². The maximum atomic E-state index is 13.1. The van der Waals surface area contributed by atoms with Crippen molar-refractivity contribution in [2.24, 2.45) is 0 Å². The summed E-state index contributed by atoms with van der Waals surface area (Å²) in [4.78, 5) is 0. The Labute approximate surface area is 138 Å². The third kappa shape index (κ3) is 3.45. The smallest absolute Gasteiger partial charge is 0.417 e. The average molecular weight is 331 g/mol. The minimum Gasteiger partial charge on any atom is -0.497 e. The monoisotopic (exact) mass is 331 g/mol. The highest BCUT2D eigenvalue weighted by atomic mass is 19.4. The van der Waals surface area contributed by atoms with E-state index in [9.17, 15) is 13.2 Å². The zero-order valence-electron chi connectivity index (χ0n) is 13.0. The molecule has 0 unspecified atom stereocenters. The molecular weight excluding hydrogens is 315 g/mol. The first-order chi connectivity index (χ1) is 11.5. The standard InChI is InChI=1S/C19H16F3NO/c1-24-17-9-7-14(8-10-17)12-23-13-16(19(20,21)22)11-18(23)15-5-3-2-4-6-15/h2-11,13H,12H2,1H3. The lowest BCUT2D eigenvalue weighted by atomic mass is 10.1. The summed E-state index contributed by atoms with van der Waals surface area (Å²) in [6.07, 6.45) is -3.21. The molecular formula is C19H16F3NO. The molecule has 0 amide bonds. The van der Waals surface area contributed by atoms with Crippen LogP contribution in [0.1, 0.15) is 11.1 Å². The van der Waals surface area contributed by atoms with Crippen molar-refractivity contribution in [1.82, 2.24) is 4.57 Å². The van der Waals surface area contributed by atoms with Gasteiger partial charge in [-0.2, -0.15) is 13.2 Å². The Morgan fingerprint density at radius 2 is 1.62 bits per heavy atom. The van der Waals surface area contributed by atoms with Crippen LogP contribution < -0.4 is 4.74 Å². The van der Waals surface area contributed by atoms with Crippen molar-refractivity contribution in [2.45, 2.75) is 12.7 Å². The van der Waals surface area contributed by atoms with E-state index in [2.05, 4.69) is 0 Å². The van der Waals surface area contributed by atoms with Crippen molar-refractivity contribution < 1.29 is 17.9 Å². The number of rotatable bonds is 4. The van der Waals surface area contributed by atoms with E-state index in [1.54, 1.807) is 35.9 Å². The minimum atomic E-state index is -4.37. The third-order valence-electron chi connectivity index (χ3n) is 3.81. The second-order valence-electron chi connectivity index (χ2n) is 5.45. The molecule has 0 spiro atoms. The van der Waals surface area contributed by atoms with Gasteiger partial charge in [0, 0.05) is 18.4 Å². The lowest BCUT2D eigenvalue weighted by Crippen LogP contribution is -2.04. The molecule has 0 aliphatic carbocycles. The maximum Gasteiger partial charge on any atom is 0.417 e. The van der Waals surface area contributed by atoms with E-state index >= 15 is 0 Å². The summed E-state index contributed by atoms with van der Waals surface area (Å²) in [6, 6.07) is 17.6. The summed E-state index contributed by atoms with van der Waals surface area (Å²) in [6.45, 7) is 0.351. The second-order valence-corrected chi connectivity index (χ2v) is 5.45. The lowest BCUT2D eigenvalue weighted by Gasteiger charge is -2.10. The molecule has 0 fully saturated rings. The normalized spacial score (nSPS) is 11.5. The van der Waals surface area contributed by atoms with Crippen LogP contribution in [0, 0.1) is 0 Å². The van der Waals surface area contributed by atoms with E-state index in [-0.39, 0.29) is 0 Å². The van der Waals surface area contributed by atoms with E-state index in [0.717, 1.165) is 17.3 Å². The molecule has 3 aromatic rings. The van der Waals surface area contributed by atoms with Gasteiger partial charge in [-0.25, -0.2) is 0 Å². The molecule has 5 heteroatoms. The number of ether oxygens (including phenoxy) is 1. The number of hydrogen-bond acceptors (Lipinski definition) is 1. The zero-order valence-corrected chi connectivity index (χ0v) is 13.0. The van der Waals surface area contributed by atoms with E-state index < -0.39 is 11.7 Å². The molecule has 3 rings (SSSR count). The molecule has 0 aliphatic heterocycles. The Balaban J connectivity index is 2.00. The van der Waals surface area contributed by atoms with Crippen LogP contribution in [0.15, 0.2) is 66.9 Å². The molecule has 0 bridgehead atoms. The molecule has 1 aromatic heterocycles. The van der Waals surface area contributed by atoms with Gasteiger partial charge in [0.2, 0.25) is 0 Å². The Morgan fingerprint density at radius 1 is 0.958 bits per heavy atom. The zero-order chi connectivity index (χ0) is 17.2. The molecule has 0 saturated carbocycles. The van der Waals surface area contributed by atoms with Crippen LogP contribution in [0.4, 0.5) is 13.2 Å². The van der Waals surface area contributed by atoms with Crippen molar-refractivity contribution in [3.8, 4) is 17.0 Å². The summed E-state index contributed by atoms with van der Waals surface area (Å²) in [5.41, 5.74) is 1.55. The maximum absolute atomic E-state index is 13.1. The highest BCUT2D eigenvalue weighted by Crippen LogP contribution is 2.34. The molecule has 0 N–H and O–H groups in total. The molecule has 124 valence electrons. The number of methoxy groups -OCH3 is 1. The Morgan fingerprint density at radius 3 is 2.21 bits per heavy atom. The summed E-state index contributed by atoms with van der Waals surface area (Å²) in [5.74, 6) is 0.713. The first-order valence-electron chi connectivity index (χ1n) is 7.43. The predicted octanol–water partition coefficient (Wildman–Crippen LogP) is 5.23. The Kier molecular flexibility index (Phi) is 4.34. The summed E-state index contributed by atoms with van der Waals surface area (Å²) >= 11 is 0. The van der Waals surface area contributed by atoms with Gasteiger partial charge in [-0.3, -0.25) is 0 Å². The number of benzene rings is 2. The Hall–Kier alpha value is -2.69. The molecule has 2 nitrogen and oxygen atoms in total. The van der Waals surface area contributed by atoms with Crippen molar-refractivity contribution >= 4 is 0 Å². The van der Waals surface area contributed by atoms with Gasteiger partial charge in [-0.15, -0.1) is 0 Å². The fraction of sp³-hybridized carbons (Fsp3) is 0.158.